The van der Waals surface area contributed by atoms with E-state index in [4.69, 9.17) is 0 Å². The van der Waals surface area contributed by atoms with Crippen molar-refractivity contribution in [2.24, 2.45) is 7.05 Å². The monoisotopic (exact) mass is 302 g/mol. The van der Waals surface area contributed by atoms with Gasteiger partial charge < -0.3 is 0 Å². The predicted molar refractivity (Wildman–Crippen MR) is 91.5 cm³/mol. The summed E-state index contributed by atoms with van der Waals surface area (Å²) in [7, 11) is 2.09. The molecule has 0 saturated carbocycles. The molecule has 2 aromatic heterocycles. The summed E-state index contributed by atoms with van der Waals surface area (Å²) < 4.78 is 4.37. The molecule has 0 fully saturated rings. The third-order valence-electron chi connectivity index (χ3n) is 5.03. The number of fused-ring (bicyclic) bond motifs is 3. The van der Waals surface area contributed by atoms with Crippen LogP contribution in [0.15, 0.2) is 61.2 Å². The summed E-state index contributed by atoms with van der Waals surface area (Å²) >= 11 is 0. The molecule has 2 heterocycles. The van der Waals surface area contributed by atoms with E-state index >= 15 is 0 Å². The van der Waals surface area contributed by atoms with Crippen LogP contribution in [-0.2, 0) is 12.5 Å². The van der Waals surface area contributed by atoms with E-state index < -0.39 is 0 Å². The van der Waals surface area contributed by atoms with Crippen LogP contribution in [0, 0.1) is 6.92 Å². The average molecular weight is 302 g/mol. The van der Waals surface area contributed by atoms with Crippen molar-refractivity contribution in [2.75, 3.05) is 0 Å². The molecular weight excluding hydrogens is 280 g/mol. The van der Waals surface area contributed by atoms with Gasteiger partial charge in [0.05, 0.1) is 0 Å². The summed E-state index contributed by atoms with van der Waals surface area (Å²) in [4.78, 5) is 0. The lowest BCUT2D eigenvalue weighted by atomic mass is 9.84. The zero-order valence-electron chi connectivity index (χ0n) is 14.2. The standard InChI is InChI=1S/C21H22N2/c1-15-5-7-16(8-6-15)23-12-10-18-17-9-11-22(4)13-19(17)21(2,3)20(18)14-23/h5-14H,1-4H3/q+2. The molecule has 0 saturated heterocycles. The molecule has 23 heavy (non-hydrogen) atoms. The molecule has 0 spiro atoms. The van der Waals surface area contributed by atoms with Gasteiger partial charge in [-0.05, 0) is 18.1 Å². The van der Waals surface area contributed by atoms with Crippen LogP contribution in [0.3, 0.4) is 0 Å². The van der Waals surface area contributed by atoms with Gasteiger partial charge in [0.2, 0.25) is 5.69 Å². The Bertz CT molecular complexity index is 906. The number of rotatable bonds is 1. The Morgan fingerprint density at radius 1 is 0.783 bits per heavy atom. The lowest BCUT2D eigenvalue weighted by Crippen LogP contribution is -2.33. The second-order valence-electron chi connectivity index (χ2n) is 7.08. The van der Waals surface area contributed by atoms with Gasteiger partial charge in [-0.3, -0.25) is 0 Å². The molecule has 2 heteroatoms. The lowest BCUT2D eigenvalue weighted by Gasteiger charge is -2.18. The number of aryl methyl sites for hydroxylation is 2. The fourth-order valence-corrected chi connectivity index (χ4v) is 3.58. The van der Waals surface area contributed by atoms with Gasteiger partial charge in [-0.15, -0.1) is 0 Å². The summed E-state index contributed by atoms with van der Waals surface area (Å²) in [6.07, 6.45) is 8.85. The molecule has 1 aromatic carbocycles. The molecule has 0 radical (unpaired) electrons. The van der Waals surface area contributed by atoms with Crippen molar-refractivity contribution in [3.05, 3.63) is 77.9 Å². The van der Waals surface area contributed by atoms with Gasteiger partial charge in [0.25, 0.3) is 0 Å². The third-order valence-corrected chi connectivity index (χ3v) is 5.03. The number of pyridine rings is 2. The summed E-state index contributed by atoms with van der Waals surface area (Å²) in [5.41, 5.74) is 8.03. The zero-order chi connectivity index (χ0) is 16.2. The first-order valence-electron chi connectivity index (χ1n) is 8.10. The number of hydrogen-bond acceptors (Lipinski definition) is 0. The van der Waals surface area contributed by atoms with Crippen LogP contribution >= 0.6 is 0 Å². The van der Waals surface area contributed by atoms with Crippen molar-refractivity contribution in [3.8, 4) is 16.8 Å². The fraction of sp³-hybridized carbons (Fsp3) is 0.238. The van der Waals surface area contributed by atoms with Crippen molar-refractivity contribution in [3.63, 3.8) is 0 Å². The smallest absolute Gasteiger partial charge is 0.207 e. The number of nitrogens with zero attached hydrogens (tertiary/aromatic N) is 2. The molecule has 1 aliphatic carbocycles. The average Bonchev–Trinajstić information content (AvgIpc) is 2.76. The maximum absolute atomic E-state index is 2.32. The van der Waals surface area contributed by atoms with Gasteiger partial charge in [-0.25, -0.2) is 4.57 Å². The first kappa shape index (κ1) is 14.1. The van der Waals surface area contributed by atoms with Gasteiger partial charge in [0, 0.05) is 40.8 Å². The minimum absolute atomic E-state index is 0.0252. The molecule has 0 amide bonds. The van der Waals surface area contributed by atoms with Crippen molar-refractivity contribution in [1.29, 1.82) is 0 Å². The van der Waals surface area contributed by atoms with Crippen LogP contribution in [0.1, 0.15) is 30.5 Å². The minimum Gasteiger partial charge on any atom is -0.207 e. The molecule has 1 aliphatic rings. The highest BCUT2D eigenvalue weighted by Crippen LogP contribution is 2.47. The second kappa shape index (κ2) is 4.76. The minimum atomic E-state index is 0.0252. The number of hydrogen-bond donors (Lipinski definition) is 0. The van der Waals surface area contributed by atoms with E-state index in [0.717, 1.165) is 0 Å². The normalized spacial score (nSPS) is 14.4. The Balaban J connectivity index is 1.90. The van der Waals surface area contributed by atoms with Crippen molar-refractivity contribution in [1.82, 2.24) is 0 Å². The van der Waals surface area contributed by atoms with E-state index in [1.54, 1.807) is 0 Å². The van der Waals surface area contributed by atoms with Gasteiger partial charge in [-0.1, -0.05) is 31.5 Å². The van der Waals surface area contributed by atoms with Crippen LogP contribution in [0.2, 0.25) is 0 Å². The van der Waals surface area contributed by atoms with Crippen LogP contribution in [0.25, 0.3) is 16.8 Å². The van der Waals surface area contributed by atoms with Crippen molar-refractivity contribution < 1.29 is 9.13 Å². The maximum atomic E-state index is 2.32. The summed E-state index contributed by atoms with van der Waals surface area (Å²) in [5.74, 6) is 0. The maximum Gasteiger partial charge on any atom is 0.210 e. The van der Waals surface area contributed by atoms with Crippen LogP contribution < -0.4 is 9.13 Å². The topological polar surface area (TPSA) is 7.76 Å². The fourth-order valence-electron chi connectivity index (χ4n) is 3.58. The van der Waals surface area contributed by atoms with Gasteiger partial charge in [-0.2, -0.15) is 4.57 Å². The highest BCUT2D eigenvalue weighted by atomic mass is 14.9. The molecule has 0 aliphatic heterocycles. The van der Waals surface area contributed by atoms with Gasteiger partial charge in [0.15, 0.2) is 24.8 Å². The lowest BCUT2D eigenvalue weighted by molar-refractivity contribution is -0.671. The van der Waals surface area contributed by atoms with Crippen LogP contribution in [0.4, 0.5) is 0 Å². The van der Waals surface area contributed by atoms with E-state index in [9.17, 15) is 0 Å². The van der Waals surface area contributed by atoms with Gasteiger partial charge in [0.1, 0.15) is 7.05 Å². The summed E-state index contributed by atoms with van der Waals surface area (Å²) in [6.45, 7) is 6.76. The predicted octanol–water partition coefficient (Wildman–Crippen LogP) is 3.40. The van der Waals surface area contributed by atoms with E-state index in [2.05, 4.69) is 98.1 Å². The summed E-state index contributed by atoms with van der Waals surface area (Å²) in [6, 6.07) is 13.2. The zero-order valence-corrected chi connectivity index (χ0v) is 14.2. The largest absolute Gasteiger partial charge is 0.210 e. The molecule has 0 N–H and O–H groups in total. The Labute approximate surface area is 137 Å². The Kier molecular flexibility index (Phi) is 2.92. The van der Waals surface area contributed by atoms with E-state index in [-0.39, 0.29) is 5.41 Å². The molecule has 0 unspecified atom stereocenters. The molecule has 2 nitrogen and oxygen atoms in total. The highest BCUT2D eigenvalue weighted by molar-refractivity contribution is 5.78. The van der Waals surface area contributed by atoms with E-state index in [1.165, 1.54) is 33.5 Å². The van der Waals surface area contributed by atoms with Crippen LogP contribution in [-0.4, -0.2) is 0 Å². The SMILES string of the molecule is Cc1ccc(-[n+]2ccc3c(c2)C(C)(C)c2c[n+](C)ccc2-3)cc1. The molecule has 0 atom stereocenters. The molecular formula is C21H22N2+2. The van der Waals surface area contributed by atoms with Gasteiger partial charge >= 0.3 is 0 Å². The highest BCUT2D eigenvalue weighted by Gasteiger charge is 2.39. The second-order valence-corrected chi connectivity index (χ2v) is 7.08. The molecule has 3 aromatic rings. The van der Waals surface area contributed by atoms with Crippen molar-refractivity contribution in [2.45, 2.75) is 26.2 Å². The molecule has 4 rings (SSSR count). The first-order chi connectivity index (χ1) is 11.0. The quantitative estimate of drug-likeness (QED) is 0.609. The first-order valence-corrected chi connectivity index (χ1v) is 8.10. The Morgan fingerprint density at radius 3 is 2.09 bits per heavy atom. The number of aromatic nitrogens is 2. The van der Waals surface area contributed by atoms with E-state index in [1.807, 2.05) is 0 Å². The Morgan fingerprint density at radius 2 is 1.39 bits per heavy atom. The van der Waals surface area contributed by atoms with Crippen LogP contribution in [0.5, 0.6) is 0 Å². The van der Waals surface area contributed by atoms with Crippen molar-refractivity contribution >= 4 is 0 Å². The third kappa shape index (κ3) is 2.09. The Hall–Kier alpha value is -2.48. The molecule has 0 bridgehead atoms. The summed E-state index contributed by atoms with van der Waals surface area (Å²) in [5, 5.41) is 0. The molecule has 114 valence electrons. The number of benzene rings is 1. The van der Waals surface area contributed by atoms with E-state index in [0.29, 0.717) is 0 Å².